The number of rotatable bonds is 6. The number of hydrogen-bond acceptors (Lipinski definition) is 5. The number of furan rings is 1. The first-order valence-electron chi connectivity index (χ1n) is 7.64. The third-order valence-corrected chi connectivity index (χ3v) is 5.56. The van der Waals surface area contributed by atoms with Crippen molar-refractivity contribution in [3.63, 3.8) is 0 Å². The Morgan fingerprint density at radius 1 is 1.24 bits per heavy atom. The summed E-state index contributed by atoms with van der Waals surface area (Å²) in [5.74, 6) is 1.15. The summed E-state index contributed by atoms with van der Waals surface area (Å²) < 4.78 is 36.5. The quantitative estimate of drug-likeness (QED) is 0.848. The number of ether oxygens (including phenoxy) is 1. The predicted molar refractivity (Wildman–Crippen MR) is 93.2 cm³/mol. The SMILES string of the molecule is COc1ccc(C(=O)NC(C)c2ccc(C)o2)cc1S(=O)(=O)N(C)C. The van der Waals surface area contributed by atoms with E-state index in [9.17, 15) is 13.2 Å². The van der Waals surface area contributed by atoms with Crippen LogP contribution in [0.15, 0.2) is 39.6 Å². The van der Waals surface area contributed by atoms with E-state index in [1.165, 1.54) is 39.4 Å². The van der Waals surface area contributed by atoms with Gasteiger partial charge in [0.05, 0.1) is 13.2 Å². The molecule has 0 aliphatic carbocycles. The van der Waals surface area contributed by atoms with Gasteiger partial charge in [0, 0.05) is 19.7 Å². The van der Waals surface area contributed by atoms with E-state index in [0.717, 1.165) is 10.1 Å². The highest BCUT2D eigenvalue weighted by Crippen LogP contribution is 2.27. The number of methoxy groups -OCH3 is 1. The summed E-state index contributed by atoms with van der Waals surface area (Å²) in [4.78, 5) is 12.4. The largest absolute Gasteiger partial charge is 0.495 e. The van der Waals surface area contributed by atoms with Gasteiger partial charge in [0.25, 0.3) is 5.91 Å². The molecule has 1 N–H and O–H groups in total. The van der Waals surface area contributed by atoms with Crippen LogP contribution in [-0.4, -0.2) is 39.8 Å². The van der Waals surface area contributed by atoms with Gasteiger partial charge >= 0.3 is 0 Å². The molecule has 0 saturated carbocycles. The Morgan fingerprint density at radius 2 is 1.92 bits per heavy atom. The van der Waals surface area contributed by atoms with Gasteiger partial charge in [0.2, 0.25) is 10.0 Å². The summed E-state index contributed by atoms with van der Waals surface area (Å²) in [5, 5.41) is 2.79. The van der Waals surface area contributed by atoms with Gasteiger partial charge in [-0.1, -0.05) is 0 Å². The second-order valence-corrected chi connectivity index (χ2v) is 7.92. The van der Waals surface area contributed by atoms with Crippen LogP contribution in [0, 0.1) is 6.92 Å². The van der Waals surface area contributed by atoms with E-state index in [1.54, 1.807) is 13.0 Å². The van der Waals surface area contributed by atoms with Crippen LogP contribution in [0.3, 0.4) is 0 Å². The van der Waals surface area contributed by atoms with Crippen molar-refractivity contribution in [3.05, 3.63) is 47.4 Å². The summed E-state index contributed by atoms with van der Waals surface area (Å²) in [6.07, 6.45) is 0. The summed E-state index contributed by atoms with van der Waals surface area (Å²) in [5.41, 5.74) is 0.219. The minimum atomic E-state index is -3.74. The van der Waals surface area contributed by atoms with Crippen LogP contribution in [0.2, 0.25) is 0 Å². The van der Waals surface area contributed by atoms with Crippen LogP contribution in [0.5, 0.6) is 5.75 Å². The summed E-state index contributed by atoms with van der Waals surface area (Å²) >= 11 is 0. The minimum Gasteiger partial charge on any atom is -0.495 e. The third kappa shape index (κ3) is 4.02. The molecule has 1 atom stereocenters. The van der Waals surface area contributed by atoms with Crippen LogP contribution in [0.4, 0.5) is 0 Å². The van der Waals surface area contributed by atoms with Gasteiger partial charge < -0.3 is 14.5 Å². The normalized spacial score (nSPS) is 12.9. The molecule has 1 heterocycles. The maximum atomic E-state index is 12.5. The summed E-state index contributed by atoms with van der Waals surface area (Å²) in [7, 11) is 0.476. The first-order chi connectivity index (χ1) is 11.7. The van der Waals surface area contributed by atoms with E-state index in [4.69, 9.17) is 9.15 Å². The number of hydrogen-bond donors (Lipinski definition) is 1. The van der Waals surface area contributed by atoms with Gasteiger partial charge in [-0.25, -0.2) is 12.7 Å². The molecule has 1 amide bonds. The monoisotopic (exact) mass is 366 g/mol. The van der Waals surface area contributed by atoms with Crippen molar-refractivity contribution in [3.8, 4) is 5.75 Å². The van der Waals surface area contributed by atoms with Gasteiger partial charge in [-0.3, -0.25) is 4.79 Å². The zero-order valence-corrected chi connectivity index (χ0v) is 15.7. The van der Waals surface area contributed by atoms with E-state index in [2.05, 4.69) is 5.32 Å². The molecule has 1 unspecified atom stereocenters. The molecule has 0 radical (unpaired) electrons. The molecule has 2 rings (SSSR count). The number of benzene rings is 1. The Balaban J connectivity index is 2.32. The third-order valence-electron chi connectivity index (χ3n) is 3.72. The highest BCUT2D eigenvalue weighted by molar-refractivity contribution is 7.89. The lowest BCUT2D eigenvalue weighted by Crippen LogP contribution is -2.27. The van der Waals surface area contributed by atoms with E-state index in [1.807, 2.05) is 13.0 Å². The molecule has 25 heavy (non-hydrogen) atoms. The molecule has 0 fully saturated rings. The maximum Gasteiger partial charge on any atom is 0.251 e. The van der Waals surface area contributed by atoms with Crippen molar-refractivity contribution in [1.82, 2.24) is 9.62 Å². The van der Waals surface area contributed by atoms with Crippen LogP contribution in [0.25, 0.3) is 0 Å². The molecule has 1 aromatic carbocycles. The maximum absolute atomic E-state index is 12.5. The summed E-state index contributed by atoms with van der Waals surface area (Å²) in [6, 6.07) is 7.54. The van der Waals surface area contributed by atoms with Crippen molar-refractivity contribution in [2.75, 3.05) is 21.2 Å². The molecule has 2 aromatic rings. The molecule has 0 bridgehead atoms. The molecule has 7 nitrogen and oxygen atoms in total. The fourth-order valence-electron chi connectivity index (χ4n) is 2.25. The number of nitrogens with zero attached hydrogens (tertiary/aromatic N) is 1. The van der Waals surface area contributed by atoms with Crippen molar-refractivity contribution < 1.29 is 22.4 Å². The first-order valence-corrected chi connectivity index (χ1v) is 9.08. The van der Waals surface area contributed by atoms with Gasteiger partial charge in [0.15, 0.2) is 0 Å². The van der Waals surface area contributed by atoms with Gasteiger partial charge in [-0.05, 0) is 44.2 Å². The second kappa shape index (κ2) is 7.28. The van der Waals surface area contributed by atoms with Crippen LogP contribution in [-0.2, 0) is 10.0 Å². The molecule has 136 valence electrons. The molecule has 0 spiro atoms. The fourth-order valence-corrected chi connectivity index (χ4v) is 3.33. The highest BCUT2D eigenvalue weighted by Gasteiger charge is 2.24. The molecule has 0 aliphatic rings. The topological polar surface area (TPSA) is 88.8 Å². The minimum absolute atomic E-state index is 0.0610. The van der Waals surface area contributed by atoms with E-state index in [0.29, 0.717) is 5.76 Å². The standard InChI is InChI=1S/C17H22N2O5S/c1-11-6-8-14(24-11)12(2)18-17(20)13-7-9-15(23-5)16(10-13)25(21,22)19(3)4/h6-10,12H,1-5H3,(H,18,20). The van der Waals surface area contributed by atoms with Crippen molar-refractivity contribution in [1.29, 1.82) is 0 Å². The van der Waals surface area contributed by atoms with Crippen LogP contribution in [0.1, 0.15) is 34.8 Å². The molecule has 8 heteroatoms. The van der Waals surface area contributed by atoms with Crippen molar-refractivity contribution in [2.45, 2.75) is 24.8 Å². The Hall–Kier alpha value is -2.32. The number of carbonyl (C=O) groups excluding carboxylic acids is 1. The Morgan fingerprint density at radius 3 is 2.44 bits per heavy atom. The number of aryl methyl sites for hydroxylation is 1. The lowest BCUT2D eigenvalue weighted by molar-refractivity contribution is 0.0935. The second-order valence-electron chi connectivity index (χ2n) is 5.80. The van der Waals surface area contributed by atoms with E-state index >= 15 is 0 Å². The lowest BCUT2D eigenvalue weighted by atomic mass is 10.1. The Bertz CT molecular complexity index is 871. The zero-order valence-electron chi connectivity index (χ0n) is 14.9. The zero-order chi connectivity index (χ0) is 18.8. The highest BCUT2D eigenvalue weighted by atomic mass is 32.2. The smallest absolute Gasteiger partial charge is 0.251 e. The number of nitrogens with one attached hydrogen (secondary N) is 1. The Kier molecular flexibility index (Phi) is 5.54. The molecule has 1 aromatic heterocycles. The van der Waals surface area contributed by atoms with Gasteiger partial charge in [-0.2, -0.15) is 0 Å². The van der Waals surface area contributed by atoms with Crippen LogP contribution < -0.4 is 10.1 Å². The summed E-state index contributed by atoms with van der Waals surface area (Å²) in [6.45, 7) is 3.61. The fraction of sp³-hybridized carbons (Fsp3) is 0.353. The van der Waals surface area contributed by atoms with Gasteiger partial charge in [0.1, 0.15) is 22.2 Å². The molecule has 0 aliphatic heterocycles. The Labute approximate surface area is 147 Å². The van der Waals surface area contributed by atoms with E-state index < -0.39 is 15.9 Å². The number of amides is 1. The van der Waals surface area contributed by atoms with Crippen molar-refractivity contribution in [2.24, 2.45) is 0 Å². The van der Waals surface area contributed by atoms with E-state index in [-0.39, 0.29) is 22.3 Å². The van der Waals surface area contributed by atoms with Gasteiger partial charge in [-0.15, -0.1) is 0 Å². The average Bonchev–Trinajstić information content (AvgIpc) is 3.00. The lowest BCUT2D eigenvalue weighted by Gasteiger charge is -2.16. The number of carbonyl (C=O) groups is 1. The first kappa shape index (κ1) is 19.0. The van der Waals surface area contributed by atoms with Crippen molar-refractivity contribution >= 4 is 15.9 Å². The molecule has 0 saturated heterocycles. The average molecular weight is 366 g/mol. The van der Waals surface area contributed by atoms with Crippen LogP contribution >= 0.6 is 0 Å². The number of sulfonamides is 1. The molecular weight excluding hydrogens is 344 g/mol. The predicted octanol–water partition coefficient (Wildman–Crippen LogP) is 2.34. The molecular formula is C17H22N2O5S.